The van der Waals surface area contributed by atoms with E-state index in [2.05, 4.69) is 20.3 Å². The Balaban J connectivity index is 2.40. The summed E-state index contributed by atoms with van der Waals surface area (Å²) in [6.45, 7) is 2.89. The molecule has 0 spiro atoms. The fourth-order valence-corrected chi connectivity index (χ4v) is 3.44. The number of nitrogens with one attached hydrogen (secondary N) is 1. The van der Waals surface area contributed by atoms with Gasteiger partial charge in [0.05, 0.1) is 19.4 Å². The summed E-state index contributed by atoms with van der Waals surface area (Å²) >= 11 is 1.64. The highest BCUT2D eigenvalue weighted by molar-refractivity contribution is 7.07. The maximum Gasteiger partial charge on any atom is 0.184 e. The van der Waals surface area contributed by atoms with Gasteiger partial charge in [-0.15, -0.1) is 11.3 Å². The van der Waals surface area contributed by atoms with E-state index in [0.717, 1.165) is 47.1 Å². The molecule has 2 aromatic rings. The maximum atomic E-state index is 5.94. The van der Waals surface area contributed by atoms with Crippen LogP contribution in [0.5, 0.6) is 11.5 Å². The molecular weight excluding hydrogens is 338 g/mol. The number of hydrogen-bond acceptors (Lipinski definition) is 6. The first-order chi connectivity index (χ1) is 12.2. The Labute approximate surface area is 153 Å². The van der Waals surface area contributed by atoms with Crippen LogP contribution in [0, 0.1) is 0 Å². The number of rotatable bonds is 10. The van der Waals surface area contributed by atoms with Crippen LogP contribution >= 0.6 is 11.3 Å². The monoisotopic (exact) mass is 365 g/mol. The normalized spacial score (nSPS) is 11.8. The van der Waals surface area contributed by atoms with Crippen molar-refractivity contribution >= 4 is 11.3 Å². The van der Waals surface area contributed by atoms with Gasteiger partial charge < -0.3 is 24.1 Å². The zero-order valence-electron chi connectivity index (χ0n) is 15.4. The molecule has 1 aromatic carbocycles. The van der Waals surface area contributed by atoms with E-state index in [1.807, 2.05) is 32.3 Å². The number of ether oxygens (including phenoxy) is 3. The van der Waals surface area contributed by atoms with Crippen LogP contribution in [-0.4, -0.2) is 52.6 Å². The summed E-state index contributed by atoms with van der Waals surface area (Å²) in [5.74, 6) is 1.56. The molecule has 0 aliphatic rings. The number of hydrogen-bond donors (Lipinski definition) is 1. The molecule has 0 unspecified atom stereocenters. The fraction of sp³-hybridized carbons (Fsp3) is 0.500. The fourth-order valence-electron chi connectivity index (χ4n) is 2.55. The van der Waals surface area contributed by atoms with Gasteiger partial charge >= 0.3 is 0 Å². The third kappa shape index (κ3) is 5.07. The third-order valence-corrected chi connectivity index (χ3v) is 4.76. The summed E-state index contributed by atoms with van der Waals surface area (Å²) in [5, 5.41) is 5.32. The zero-order valence-corrected chi connectivity index (χ0v) is 16.2. The molecule has 0 amide bonds. The van der Waals surface area contributed by atoms with Gasteiger partial charge in [0.25, 0.3) is 0 Å². The van der Waals surface area contributed by atoms with E-state index in [-0.39, 0.29) is 0 Å². The van der Waals surface area contributed by atoms with E-state index < -0.39 is 0 Å². The molecule has 0 fully saturated rings. The number of methoxy groups -OCH3 is 2. The van der Waals surface area contributed by atoms with Crippen LogP contribution < -0.4 is 19.6 Å². The quantitative estimate of drug-likeness (QED) is 0.657. The molecule has 0 atom stereocenters. The minimum absolute atomic E-state index is 0.492. The first kappa shape index (κ1) is 19.5. The van der Waals surface area contributed by atoms with Crippen molar-refractivity contribution in [2.45, 2.75) is 13.0 Å². The van der Waals surface area contributed by atoms with Crippen LogP contribution in [0.2, 0.25) is 0 Å². The molecule has 1 heterocycles. The van der Waals surface area contributed by atoms with Gasteiger partial charge in [-0.2, -0.15) is 0 Å². The van der Waals surface area contributed by atoms with Gasteiger partial charge in [-0.1, -0.05) is 0 Å². The number of nitrogens with zero attached hydrogens (tertiary/aromatic N) is 2. The second kappa shape index (κ2) is 10.2. The van der Waals surface area contributed by atoms with Crippen LogP contribution in [0.15, 0.2) is 28.6 Å². The van der Waals surface area contributed by atoms with Crippen molar-refractivity contribution in [2.75, 3.05) is 48.1 Å². The van der Waals surface area contributed by atoms with Gasteiger partial charge in [0.15, 0.2) is 4.80 Å². The van der Waals surface area contributed by atoms with Gasteiger partial charge in [-0.3, -0.25) is 4.99 Å². The van der Waals surface area contributed by atoms with E-state index in [1.165, 1.54) is 0 Å². The Morgan fingerprint density at radius 3 is 2.76 bits per heavy atom. The molecule has 2 rings (SSSR count). The van der Waals surface area contributed by atoms with Crippen molar-refractivity contribution in [1.29, 1.82) is 0 Å². The second-order valence-electron chi connectivity index (χ2n) is 5.44. The molecule has 6 nitrogen and oxygen atoms in total. The molecular formula is C18H27N3O3S. The highest BCUT2D eigenvalue weighted by atomic mass is 32.1. The summed E-state index contributed by atoms with van der Waals surface area (Å²) in [4.78, 5) is 5.41. The standard InChI is InChI=1S/C18H27N3O3S/c1-19-8-5-9-21-16(13-25-18(21)20-2)15-7-6-14(23-4)12-17(15)24-11-10-22-3/h6-7,12-13,19H,5,8-11H2,1-4H3. The van der Waals surface area contributed by atoms with Crippen LogP contribution in [0.1, 0.15) is 6.42 Å². The van der Waals surface area contributed by atoms with Crippen molar-refractivity contribution < 1.29 is 14.2 Å². The molecule has 0 saturated carbocycles. The lowest BCUT2D eigenvalue weighted by Gasteiger charge is -2.15. The topological polar surface area (TPSA) is 57.0 Å². The van der Waals surface area contributed by atoms with Gasteiger partial charge in [0, 0.05) is 37.7 Å². The van der Waals surface area contributed by atoms with E-state index in [0.29, 0.717) is 13.2 Å². The third-order valence-electron chi connectivity index (χ3n) is 3.81. The molecule has 0 radical (unpaired) electrons. The number of thiazole rings is 1. The van der Waals surface area contributed by atoms with E-state index in [1.54, 1.807) is 25.6 Å². The highest BCUT2D eigenvalue weighted by Crippen LogP contribution is 2.34. The van der Waals surface area contributed by atoms with Crippen LogP contribution in [0.3, 0.4) is 0 Å². The molecule has 0 aliphatic heterocycles. The maximum absolute atomic E-state index is 5.94. The van der Waals surface area contributed by atoms with E-state index in [4.69, 9.17) is 14.2 Å². The van der Waals surface area contributed by atoms with Crippen molar-refractivity contribution in [2.24, 2.45) is 4.99 Å². The van der Waals surface area contributed by atoms with Crippen molar-refractivity contribution in [3.63, 3.8) is 0 Å². The first-order valence-corrected chi connectivity index (χ1v) is 9.19. The Morgan fingerprint density at radius 2 is 2.08 bits per heavy atom. The summed E-state index contributed by atoms with van der Waals surface area (Å²) in [6, 6.07) is 5.91. The lowest BCUT2D eigenvalue weighted by molar-refractivity contribution is 0.146. The molecule has 138 valence electrons. The summed E-state index contributed by atoms with van der Waals surface area (Å²) < 4.78 is 18.6. The van der Waals surface area contributed by atoms with Crippen molar-refractivity contribution in [3.8, 4) is 22.8 Å². The lowest BCUT2D eigenvalue weighted by atomic mass is 10.1. The van der Waals surface area contributed by atoms with Gasteiger partial charge in [-0.25, -0.2) is 0 Å². The smallest absolute Gasteiger partial charge is 0.184 e. The lowest BCUT2D eigenvalue weighted by Crippen LogP contribution is -2.19. The van der Waals surface area contributed by atoms with Crippen molar-refractivity contribution in [1.82, 2.24) is 9.88 Å². The summed E-state index contributed by atoms with van der Waals surface area (Å²) in [7, 11) is 7.12. The molecule has 7 heteroatoms. The Hall–Kier alpha value is -1.83. The average Bonchev–Trinajstić information content (AvgIpc) is 3.04. The number of benzene rings is 1. The number of aromatic nitrogens is 1. The molecule has 1 N–H and O–H groups in total. The van der Waals surface area contributed by atoms with E-state index in [9.17, 15) is 0 Å². The van der Waals surface area contributed by atoms with Crippen LogP contribution in [-0.2, 0) is 11.3 Å². The first-order valence-electron chi connectivity index (χ1n) is 8.31. The Kier molecular flexibility index (Phi) is 7.97. The van der Waals surface area contributed by atoms with E-state index >= 15 is 0 Å². The molecule has 0 aliphatic carbocycles. The Bertz CT molecular complexity index is 725. The predicted molar refractivity (Wildman–Crippen MR) is 102 cm³/mol. The average molecular weight is 365 g/mol. The van der Waals surface area contributed by atoms with Gasteiger partial charge in [0.1, 0.15) is 18.1 Å². The highest BCUT2D eigenvalue weighted by Gasteiger charge is 2.14. The van der Waals surface area contributed by atoms with Crippen LogP contribution in [0.25, 0.3) is 11.3 Å². The zero-order chi connectivity index (χ0) is 18.1. The molecule has 1 aromatic heterocycles. The molecule has 0 saturated heterocycles. The molecule has 0 bridgehead atoms. The molecule has 25 heavy (non-hydrogen) atoms. The SMILES string of the molecule is CN=c1scc(-c2ccc(OC)cc2OCCOC)n1CCCNC. The van der Waals surface area contributed by atoms with Crippen LogP contribution in [0.4, 0.5) is 0 Å². The van der Waals surface area contributed by atoms with Gasteiger partial charge in [0.2, 0.25) is 0 Å². The minimum atomic E-state index is 0.492. The largest absolute Gasteiger partial charge is 0.497 e. The summed E-state index contributed by atoms with van der Waals surface area (Å²) in [5.41, 5.74) is 2.14. The van der Waals surface area contributed by atoms with Gasteiger partial charge in [-0.05, 0) is 32.1 Å². The summed E-state index contributed by atoms with van der Waals surface area (Å²) in [6.07, 6.45) is 1.03. The second-order valence-corrected chi connectivity index (χ2v) is 6.28. The van der Waals surface area contributed by atoms with Crippen molar-refractivity contribution in [3.05, 3.63) is 28.4 Å². The minimum Gasteiger partial charge on any atom is -0.497 e. The predicted octanol–water partition coefficient (Wildman–Crippen LogP) is 2.39. The Morgan fingerprint density at radius 1 is 1.24 bits per heavy atom.